The number of rotatable bonds is 3. The van der Waals surface area contributed by atoms with Gasteiger partial charge in [0.15, 0.2) is 5.76 Å². The van der Waals surface area contributed by atoms with Gasteiger partial charge in [-0.25, -0.2) is 4.98 Å². The van der Waals surface area contributed by atoms with Crippen LogP contribution in [0, 0.1) is 6.92 Å². The van der Waals surface area contributed by atoms with Crippen molar-refractivity contribution in [1.29, 1.82) is 0 Å². The summed E-state index contributed by atoms with van der Waals surface area (Å²) in [6.07, 6.45) is 1.84. The maximum absolute atomic E-state index is 5.27. The second-order valence-corrected chi connectivity index (χ2v) is 5.86. The molecule has 0 unspecified atom stereocenters. The molecule has 0 amide bonds. The molecule has 0 bridgehead atoms. The lowest BCUT2D eigenvalue weighted by atomic mass is 10.3. The maximum atomic E-state index is 5.27. The number of aryl methyl sites for hydroxylation is 1. The third kappa shape index (κ3) is 3.02. The molecular weight excluding hydrogens is 320 g/mol. The molecule has 1 aliphatic rings. The molecule has 3 rings (SSSR count). The van der Waals surface area contributed by atoms with Crippen molar-refractivity contribution >= 4 is 21.7 Å². The van der Waals surface area contributed by atoms with Gasteiger partial charge in [-0.05, 0) is 35.0 Å². The van der Waals surface area contributed by atoms with Crippen LogP contribution >= 0.6 is 15.9 Å². The highest BCUT2D eigenvalue weighted by Gasteiger charge is 2.20. The Kier molecular flexibility index (Phi) is 4.03. The van der Waals surface area contributed by atoms with Gasteiger partial charge in [0.05, 0.1) is 16.7 Å². The predicted molar refractivity (Wildman–Crippen MR) is 80.7 cm³/mol. The Bertz CT molecular complexity index is 578. The lowest BCUT2D eigenvalue weighted by Crippen LogP contribution is -2.46. The highest BCUT2D eigenvalue weighted by molar-refractivity contribution is 9.10. The van der Waals surface area contributed by atoms with Gasteiger partial charge < -0.3 is 9.42 Å². The molecule has 106 valence electrons. The van der Waals surface area contributed by atoms with E-state index < -0.39 is 0 Å². The standard InChI is InChI=1S/C14H17BrN4O/c1-11-9-12(20-17-11)10-18-5-7-19(8-6-18)14-13(15)3-2-4-16-14/h2-4,9H,5-8,10H2,1H3. The average molecular weight is 337 g/mol. The molecule has 20 heavy (non-hydrogen) atoms. The molecule has 0 N–H and O–H groups in total. The maximum Gasteiger partial charge on any atom is 0.150 e. The van der Waals surface area contributed by atoms with Crippen LogP contribution in [0.4, 0.5) is 5.82 Å². The highest BCUT2D eigenvalue weighted by Crippen LogP contribution is 2.24. The van der Waals surface area contributed by atoms with Crippen LogP contribution in [0.2, 0.25) is 0 Å². The van der Waals surface area contributed by atoms with Crippen LogP contribution in [0.5, 0.6) is 0 Å². The molecule has 0 aliphatic carbocycles. The summed E-state index contributed by atoms with van der Waals surface area (Å²) in [5, 5.41) is 3.93. The zero-order valence-electron chi connectivity index (χ0n) is 11.4. The van der Waals surface area contributed by atoms with Gasteiger partial charge in [-0.2, -0.15) is 0 Å². The Balaban J connectivity index is 1.58. The number of aromatic nitrogens is 2. The van der Waals surface area contributed by atoms with E-state index in [1.807, 2.05) is 31.3 Å². The number of anilines is 1. The first-order valence-corrected chi connectivity index (χ1v) is 7.52. The average Bonchev–Trinajstić information content (AvgIpc) is 2.86. The Hall–Kier alpha value is -1.40. The van der Waals surface area contributed by atoms with E-state index in [4.69, 9.17) is 4.52 Å². The second-order valence-electron chi connectivity index (χ2n) is 5.01. The van der Waals surface area contributed by atoms with E-state index in [1.54, 1.807) is 0 Å². The molecule has 1 saturated heterocycles. The fourth-order valence-electron chi connectivity index (χ4n) is 2.44. The van der Waals surface area contributed by atoms with Crippen molar-refractivity contribution in [3.05, 3.63) is 40.3 Å². The molecule has 0 radical (unpaired) electrons. The van der Waals surface area contributed by atoms with Crippen molar-refractivity contribution in [2.45, 2.75) is 13.5 Å². The van der Waals surface area contributed by atoms with Gasteiger partial charge in [-0.3, -0.25) is 4.90 Å². The van der Waals surface area contributed by atoms with E-state index in [0.29, 0.717) is 0 Å². The Labute approximate surface area is 126 Å². The van der Waals surface area contributed by atoms with Gasteiger partial charge >= 0.3 is 0 Å². The molecule has 0 saturated carbocycles. The van der Waals surface area contributed by atoms with E-state index in [2.05, 4.69) is 35.9 Å². The fraction of sp³-hybridized carbons (Fsp3) is 0.429. The van der Waals surface area contributed by atoms with Crippen LogP contribution in [0.25, 0.3) is 0 Å². The number of halogens is 1. The number of pyridine rings is 1. The Morgan fingerprint density at radius 3 is 2.75 bits per heavy atom. The topological polar surface area (TPSA) is 45.4 Å². The van der Waals surface area contributed by atoms with Crippen LogP contribution < -0.4 is 4.90 Å². The quantitative estimate of drug-likeness (QED) is 0.861. The van der Waals surface area contributed by atoms with Crippen LogP contribution in [0.3, 0.4) is 0 Å². The van der Waals surface area contributed by atoms with Crippen LogP contribution in [0.15, 0.2) is 33.4 Å². The van der Waals surface area contributed by atoms with Gasteiger partial charge in [0.1, 0.15) is 5.82 Å². The minimum Gasteiger partial charge on any atom is -0.360 e. The number of hydrogen-bond donors (Lipinski definition) is 0. The van der Waals surface area contributed by atoms with Crippen molar-refractivity contribution in [3.8, 4) is 0 Å². The first-order chi connectivity index (χ1) is 9.72. The normalized spacial score (nSPS) is 16.6. The van der Waals surface area contributed by atoms with E-state index in [-0.39, 0.29) is 0 Å². The van der Waals surface area contributed by atoms with Gasteiger partial charge in [0.25, 0.3) is 0 Å². The lowest BCUT2D eigenvalue weighted by Gasteiger charge is -2.35. The van der Waals surface area contributed by atoms with E-state index in [9.17, 15) is 0 Å². The minimum absolute atomic E-state index is 0.831. The zero-order valence-corrected chi connectivity index (χ0v) is 13.0. The molecule has 1 fully saturated rings. The molecule has 5 nitrogen and oxygen atoms in total. The summed E-state index contributed by atoms with van der Waals surface area (Å²) in [4.78, 5) is 9.14. The fourth-order valence-corrected chi connectivity index (χ4v) is 2.94. The minimum atomic E-state index is 0.831. The van der Waals surface area contributed by atoms with Crippen LogP contribution in [-0.4, -0.2) is 41.2 Å². The van der Waals surface area contributed by atoms with Crippen molar-refractivity contribution < 1.29 is 4.52 Å². The van der Waals surface area contributed by atoms with Crippen molar-refractivity contribution in [1.82, 2.24) is 15.0 Å². The Morgan fingerprint density at radius 1 is 1.30 bits per heavy atom. The molecule has 2 aromatic rings. The summed E-state index contributed by atoms with van der Waals surface area (Å²) < 4.78 is 6.33. The summed E-state index contributed by atoms with van der Waals surface area (Å²) in [5.74, 6) is 1.97. The molecule has 2 aromatic heterocycles. The molecule has 0 aromatic carbocycles. The number of piperazine rings is 1. The molecule has 0 atom stereocenters. The van der Waals surface area contributed by atoms with Gasteiger partial charge in [-0.15, -0.1) is 0 Å². The largest absolute Gasteiger partial charge is 0.360 e. The molecule has 3 heterocycles. The number of nitrogens with zero attached hydrogens (tertiary/aromatic N) is 4. The summed E-state index contributed by atoms with van der Waals surface area (Å²) in [5.41, 5.74) is 0.941. The summed E-state index contributed by atoms with van der Waals surface area (Å²) in [7, 11) is 0. The summed E-state index contributed by atoms with van der Waals surface area (Å²) in [6.45, 7) is 6.73. The first-order valence-electron chi connectivity index (χ1n) is 6.72. The Morgan fingerprint density at radius 2 is 2.10 bits per heavy atom. The van der Waals surface area contributed by atoms with Crippen molar-refractivity contribution in [2.24, 2.45) is 0 Å². The molecule has 6 heteroatoms. The lowest BCUT2D eigenvalue weighted by molar-refractivity contribution is 0.219. The smallest absolute Gasteiger partial charge is 0.150 e. The predicted octanol–water partition coefficient (Wildman–Crippen LogP) is 2.46. The molecule has 1 aliphatic heterocycles. The number of hydrogen-bond acceptors (Lipinski definition) is 5. The van der Waals surface area contributed by atoms with Crippen molar-refractivity contribution in [2.75, 3.05) is 31.1 Å². The highest BCUT2D eigenvalue weighted by atomic mass is 79.9. The van der Waals surface area contributed by atoms with Crippen molar-refractivity contribution in [3.63, 3.8) is 0 Å². The second kappa shape index (κ2) is 5.93. The van der Waals surface area contributed by atoms with Gasteiger partial charge in [-0.1, -0.05) is 5.16 Å². The van der Waals surface area contributed by atoms with Crippen LogP contribution in [-0.2, 0) is 6.54 Å². The van der Waals surface area contributed by atoms with E-state index >= 15 is 0 Å². The van der Waals surface area contributed by atoms with Gasteiger partial charge in [0, 0.05) is 38.4 Å². The summed E-state index contributed by atoms with van der Waals surface area (Å²) >= 11 is 3.56. The van der Waals surface area contributed by atoms with E-state index in [1.165, 1.54) is 0 Å². The van der Waals surface area contributed by atoms with E-state index in [0.717, 1.165) is 54.5 Å². The third-order valence-electron chi connectivity index (χ3n) is 3.47. The first kappa shape index (κ1) is 13.6. The summed E-state index contributed by atoms with van der Waals surface area (Å²) in [6, 6.07) is 5.98. The molecular formula is C14H17BrN4O. The third-order valence-corrected chi connectivity index (χ3v) is 4.09. The van der Waals surface area contributed by atoms with Crippen LogP contribution in [0.1, 0.15) is 11.5 Å². The molecule has 0 spiro atoms. The van der Waals surface area contributed by atoms with Gasteiger partial charge in [0.2, 0.25) is 0 Å². The zero-order chi connectivity index (χ0) is 13.9. The SMILES string of the molecule is Cc1cc(CN2CCN(c3ncccc3Br)CC2)on1. The monoisotopic (exact) mass is 336 g/mol.